The number of anilines is 1. The quantitative estimate of drug-likeness (QED) is 0.588. The van der Waals surface area contributed by atoms with Gasteiger partial charge in [0.2, 0.25) is 11.1 Å². The predicted octanol–water partition coefficient (Wildman–Crippen LogP) is 3.81. The van der Waals surface area contributed by atoms with E-state index < -0.39 is 0 Å². The summed E-state index contributed by atoms with van der Waals surface area (Å²) in [5.74, 6) is 0.644. The number of carbonyl (C=O) groups excluding carboxylic acids is 1. The Labute approximate surface area is 172 Å². The van der Waals surface area contributed by atoms with E-state index in [1.54, 1.807) is 23.9 Å². The van der Waals surface area contributed by atoms with Crippen LogP contribution in [0.5, 0.6) is 5.75 Å². The van der Waals surface area contributed by atoms with E-state index in [2.05, 4.69) is 20.8 Å². The van der Waals surface area contributed by atoms with E-state index >= 15 is 0 Å². The Morgan fingerprint density at radius 3 is 2.75 bits per heavy atom. The van der Waals surface area contributed by atoms with Gasteiger partial charge in [0.05, 0.1) is 18.9 Å². The third kappa shape index (κ3) is 5.02. The first-order valence-corrected chi connectivity index (χ1v) is 9.85. The molecule has 9 heteroatoms. The largest absolute Gasteiger partial charge is 0.497 e. The molecule has 0 unspecified atom stereocenters. The highest BCUT2D eigenvalue weighted by Gasteiger charge is 2.19. The van der Waals surface area contributed by atoms with Gasteiger partial charge < -0.3 is 10.1 Å². The maximum absolute atomic E-state index is 12.6. The Morgan fingerprint density at radius 2 is 2.04 bits per heavy atom. The normalized spacial score (nSPS) is 11.9. The van der Waals surface area contributed by atoms with Crippen molar-refractivity contribution in [2.24, 2.45) is 0 Å². The molecular weight excluding hydrogens is 398 g/mol. The summed E-state index contributed by atoms with van der Waals surface area (Å²) in [5.41, 5.74) is 2.67. The number of hydrogen-bond donors (Lipinski definition) is 1. The summed E-state index contributed by atoms with van der Waals surface area (Å²) in [6.45, 7) is 4.23. The topological polar surface area (TPSA) is 81.9 Å². The zero-order valence-corrected chi connectivity index (χ0v) is 17.3. The first kappa shape index (κ1) is 20.2. The van der Waals surface area contributed by atoms with E-state index in [1.807, 2.05) is 44.2 Å². The van der Waals surface area contributed by atoms with Gasteiger partial charge in [-0.2, -0.15) is 0 Å². The molecule has 3 rings (SSSR count). The van der Waals surface area contributed by atoms with E-state index in [0.717, 1.165) is 16.9 Å². The van der Waals surface area contributed by atoms with E-state index in [0.29, 0.717) is 22.4 Å². The second-order valence-electron chi connectivity index (χ2n) is 6.18. The van der Waals surface area contributed by atoms with Crippen molar-refractivity contribution in [3.8, 4) is 5.75 Å². The molecule has 1 amide bonds. The van der Waals surface area contributed by atoms with Gasteiger partial charge in [0.25, 0.3) is 0 Å². The second-order valence-corrected chi connectivity index (χ2v) is 7.92. The lowest BCUT2D eigenvalue weighted by atomic mass is 10.2. The van der Waals surface area contributed by atoms with Gasteiger partial charge in [0, 0.05) is 10.7 Å². The van der Waals surface area contributed by atoms with Crippen molar-refractivity contribution in [1.29, 1.82) is 0 Å². The number of thioether (sulfide) groups is 1. The molecule has 7 nitrogen and oxygen atoms in total. The first-order valence-electron chi connectivity index (χ1n) is 8.59. The van der Waals surface area contributed by atoms with E-state index in [9.17, 15) is 4.79 Å². The fraction of sp³-hybridized carbons (Fsp3) is 0.263. The number of ether oxygens (including phenoxy) is 1. The molecule has 0 aliphatic rings. The van der Waals surface area contributed by atoms with Crippen LogP contribution in [0, 0.1) is 6.92 Å². The number of benzene rings is 2. The molecule has 0 aliphatic carbocycles. The molecule has 1 N–H and O–H groups in total. The minimum absolute atomic E-state index is 0.144. The van der Waals surface area contributed by atoms with Crippen LogP contribution >= 0.6 is 23.4 Å². The summed E-state index contributed by atoms with van der Waals surface area (Å²) < 4.78 is 6.84. The average molecular weight is 418 g/mol. The molecule has 28 heavy (non-hydrogen) atoms. The van der Waals surface area contributed by atoms with E-state index in [1.165, 1.54) is 11.8 Å². The fourth-order valence-electron chi connectivity index (χ4n) is 2.46. The van der Waals surface area contributed by atoms with Gasteiger partial charge in [-0.05, 0) is 59.7 Å². The molecular formula is C19H20ClN5O2S. The SMILES string of the molecule is COc1ccc(Cn2nnnc2S[C@H](C)C(=O)Nc2cc(Cl)ccc2C)cc1. The molecule has 146 valence electrons. The zero-order valence-electron chi connectivity index (χ0n) is 15.7. The van der Waals surface area contributed by atoms with Crippen molar-refractivity contribution < 1.29 is 9.53 Å². The molecule has 1 aromatic heterocycles. The monoisotopic (exact) mass is 417 g/mol. The zero-order chi connectivity index (χ0) is 20.1. The molecule has 0 saturated heterocycles. The number of rotatable bonds is 7. The third-order valence-corrected chi connectivity index (χ3v) is 5.41. The summed E-state index contributed by atoms with van der Waals surface area (Å²) in [4.78, 5) is 12.6. The van der Waals surface area contributed by atoms with E-state index in [-0.39, 0.29) is 11.2 Å². The third-order valence-electron chi connectivity index (χ3n) is 4.10. The van der Waals surface area contributed by atoms with Crippen molar-refractivity contribution >= 4 is 35.0 Å². The maximum atomic E-state index is 12.6. The van der Waals surface area contributed by atoms with E-state index in [4.69, 9.17) is 16.3 Å². The van der Waals surface area contributed by atoms with Crippen LogP contribution in [0.3, 0.4) is 0 Å². The molecule has 3 aromatic rings. The molecule has 2 aromatic carbocycles. The van der Waals surface area contributed by atoms with Gasteiger partial charge in [-0.15, -0.1) is 5.10 Å². The fourth-order valence-corrected chi connectivity index (χ4v) is 3.42. The minimum Gasteiger partial charge on any atom is -0.497 e. The molecule has 0 bridgehead atoms. The Morgan fingerprint density at radius 1 is 1.29 bits per heavy atom. The summed E-state index contributed by atoms with van der Waals surface area (Å²) >= 11 is 7.32. The Balaban J connectivity index is 1.65. The highest BCUT2D eigenvalue weighted by molar-refractivity contribution is 8.00. The lowest BCUT2D eigenvalue weighted by molar-refractivity contribution is -0.115. The summed E-state index contributed by atoms with van der Waals surface area (Å²) in [5, 5.41) is 15.5. The van der Waals surface area contributed by atoms with Crippen LogP contribution in [0.2, 0.25) is 5.02 Å². The predicted molar refractivity (Wildman–Crippen MR) is 110 cm³/mol. The number of carbonyl (C=O) groups is 1. The smallest absolute Gasteiger partial charge is 0.237 e. The van der Waals surface area contributed by atoms with Crippen molar-refractivity contribution in [3.05, 3.63) is 58.6 Å². The van der Waals surface area contributed by atoms with Crippen molar-refractivity contribution in [2.75, 3.05) is 12.4 Å². The molecule has 0 spiro atoms. The number of methoxy groups -OCH3 is 1. The van der Waals surface area contributed by atoms with Crippen LogP contribution < -0.4 is 10.1 Å². The average Bonchev–Trinajstić information content (AvgIpc) is 3.11. The molecule has 0 radical (unpaired) electrons. The maximum Gasteiger partial charge on any atom is 0.237 e. The Hall–Kier alpha value is -2.58. The first-order chi connectivity index (χ1) is 13.5. The number of aryl methyl sites for hydroxylation is 1. The molecule has 1 atom stereocenters. The van der Waals surface area contributed by atoms with Gasteiger partial charge in [0.15, 0.2) is 0 Å². The highest BCUT2D eigenvalue weighted by atomic mass is 35.5. The highest BCUT2D eigenvalue weighted by Crippen LogP contribution is 2.25. The number of tetrazole rings is 1. The number of aromatic nitrogens is 4. The summed E-state index contributed by atoms with van der Waals surface area (Å²) in [7, 11) is 1.63. The van der Waals surface area contributed by atoms with Gasteiger partial charge in [-0.25, -0.2) is 4.68 Å². The van der Waals surface area contributed by atoms with Crippen LogP contribution in [0.15, 0.2) is 47.6 Å². The van der Waals surface area contributed by atoms with Gasteiger partial charge >= 0.3 is 0 Å². The minimum atomic E-state index is -0.390. The number of nitrogens with one attached hydrogen (secondary N) is 1. The van der Waals surface area contributed by atoms with Crippen molar-refractivity contribution in [3.63, 3.8) is 0 Å². The second kappa shape index (κ2) is 9.07. The van der Waals surface area contributed by atoms with Crippen LogP contribution in [0.1, 0.15) is 18.1 Å². The van der Waals surface area contributed by atoms with Gasteiger partial charge in [0.1, 0.15) is 5.75 Å². The van der Waals surface area contributed by atoms with Crippen LogP contribution in [0.25, 0.3) is 0 Å². The number of amides is 1. The molecule has 1 heterocycles. The number of hydrogen-bond acceptors (Lipinski definition) is 6. The lowest BCUT2D eigenvalue weighted by Gasteiger charge is -2.13. The lowest BCUT2D eigenvalue weighted by Crippen LogP contribution is -2.23. The van der Waals surface area contributed by atoms with Crippen LogP contribution in [0.4, 0.5) is 5.69 Å². The Bertz CT molecular complexity index is 961. The summed E-state index contributed by atoms with van der Waals surface area (Å²) in [6, 6.07) is 13.1. The number of halogens is 1. The van der Waals surface area contributed by atoms with Crippen molar-refractivity contribution in [1.82, 2.24) is 20.2 Å². The van der Waals surface area contributed by atoms with Crippen LogP contribution in [-0.2, 0) is 11.3 Å². The van der Waals surface area contributed by atoms with Crippen LogP contribution in [-0.4, -0.2) is 38.5 Å². The Kier molecular flexibility index (Phi) is 6.53. The summed E-state index contributed by atoms with van der Waals surface area (Å²) in [6.07, 6.45) is 0. The van der Waals surface area contributed by atoms with Gasteiger partial charge in [-0.1, -0.05) is 41.6 Å². The molecule has 0 fully saturated rings. The standard InChI is InChI=1S/C19H20ClN5O2S/c1-12-4-7-15(20)10-17(12)21-18(26)13(2)28-19-22-23-24-25(19)11-14-5-8-16(27-3)9-6-14/h4-10,13H,11H2,1-3H3,(H,21,26)/t13-/m1/s1. The van der Waals surface area contributed by atoms with Crippen molar-refractivity contribution in [2.45, 2.75) is 30.8 Å². The van der Waals surface area contributed by atoms with Gasteiger partial charge in [-0.3, -0.25) is 4.79 Å². The molecule has 0 saturated carbocycles. The molecule has 0 aliphatic heterocycles. The number of nitrogens with zero attached hydrogens (tertiary/aromatic N) is 4.